The molecule has 26 heavy (non-hydrogen) atoms. The smallest absolute Gasteiger partial charge is 0.247 e. The molecule has 3 aromatic rings. The van der Waals surface area contributed by atoms with Crippen LogP contribution in [0, 0.1) is 0 Å². The topological polar surface area (TPSA) is 57.8 Å². The third-order valence-corrected chi connectivity index (χ3v) is 4.77. The standard InChI is InChI=1S/C21H21N3OS/c1-2-20(25)24-19-6-4-3-5-16(19)8-10-17(26)9-7-15-11-13-22-21-18(15)12-14-23-21/h2-6,11-14H,1,7-10H2,(H,22,23)(H,24,25). The van der Waals surface area contributed by atoms with Crippen molar-refractivity contribution in [2.75, 3.05) is 5.32 Å². The molecule has 0 saturated heterocycles. The summed E-state index contributed by atoms with van der Waals surface area (Å²) in [5, 5.41) is 4.01. The first-order valence-electron chi connectivity index (χ1n) is 8.61. The molecule has 0 unspecified atom stereocenters. The minimum atomic E-state index is -0.201. The van der Waals surface area contributed by atoms with Crippen molar-refractivity contribution in [1.29, 1.82) is 0 Å². The van der Waals surface area contributed by atoms with Gasteiger partial charge in [-0.25, -0.2) is 4.98 Å². The average Bonchev–Trinajstić information content (AvgIpc) is 3.15. The van der Waals surface area contributed by atoms with Gasteiger partial charge in [-0.1, -0.05) is 37.0 Å². The van der Waals surface area contributed by atoms with Gasteiger partial charge in [0.25, 0.3) is 0 Å². The highest BCUT2D eigenvalue weighted by atomic mass is 32.1. The first-order valence-corrected chi connectivity index (χ1v) is 9.02. The molecule has 0 saturated carbocycles. The average molecular weight is 363 g/mol. The monoisotopic (exact) mass is 363 g/mol. The van der Waals surface area contributed by atoms with E-state index in [-0.39, 0.29) is 5.91 Å². The maximum absolute atomic E-state index is 11.6. The predicted molar refractivity (Wildman–Crippen MR) is 111 cm³/mol. The fraction of sp³-hybridized carbons (Fsp3) is 0.190. The number of nitrogens with one attached hydrogen (secondary N) is 2. The van der Waals surface area contributed by atoms with Crippen LogP contribution >= 0.6 is 12.2 Å². The van der Waals surface area contributed by atoms with Crippen LogP contribution in [-0.2, 0) is 17.6 Å². The summed E-state index contributed by atoms with van der Waals surface area (Å²) in [6, 6.07) is 11.9. The van der Waals surface area contributed by atoms with Crippen molar-refractivity contribution < 1.29 is 4.79 Å². The summed E-state index contributed by atoms with van der Waals surface area (Å²) in [5.74, 6) is -0.201. The van der Waals surface area contributed by atoms with Crippen molar-refractivity contribution in [3.8, 4) is 0 Å². The lowest BCUT2D eigenvalue weighted by Gasteiger charge is -2.10. The number of para-hydroxylation sites is 1. The number of aromatic amines is 1. The van der Waals surface area contributed by atoms with E-state index < -0.39 is 0 Å². The summed E-state index contributed by atoms with van der Waals surface area (Å²) in [5.41, 5.74) is 4.09. The molecule has 0 aliphatic heterocycles. The van der Waals surface area contributed by atoms with Crippen molar-refractivity contribution in [3.63, 3.8) is 0 Å². The van der Waals surface area contributed by atoms with Crippen LogP contribution in [0.4, 0.5) is 5.69 Å². The Morgan fingerprint density at radius 3 is 2.73 bits per heavy atom. The van der Waals surface area contributed by atoms with E-state index in [0.29, 0.717) is 0 Å². The van der Waals surface area contributed by atoms with Gasteiger partial charge in [-0.15, -0.1) is 0 Å². The summed E-state index contributed by atoms with van der Waals surface area (Å²) >= 11 is 5.58. The molecule has 0 aliphatic rings. The third kappa shape index (κ3) is 4.43. The number of rotatable bonds is 8. The molecule has 0 aliphatic carbocycles. The minimum Gasteiger partial charge on any atom is -0.346 e. The van der Waals surface area contributed by atoms with Gasteiger partial charge in [0.1, 0.15) is 5.65 Å². The van der Waals surface area contributed by atoms with Crippen LogP contribution in [0.2, 0.25) is 0 Å². The molecule has 3 rings (SSSR count). The van der Waals surface area contributed by atoms with Gasteiger partial charge in [0.15, 0.2) is 0 Å². The van der Waals surface area contributed by atoms with E-state index in [9.17, 15) is 4.79 Å². The normalized spacial score (nSPS) is 10.6. The molecule has 132 valence electrons. The quantitative estimate of drug-likeness (QED) is 0.453. The first-order chi connectivity index (χ1) is 12.7. The molecule has 2 aromatic heterocycles. The molecule has 4 nitrogen and oxygen atoms in total. The number of carbonyl (C=O) groups excluding carboxylic acids is 1. The van der Waals surface area contributed by atoms with E-state index in [1.807, 2.05) is 36.7 Å². The zero-order valence-corrected chi connectivity index (χ0v) is 15.3. The lowest BCUT2D eigenvalue weighted by Crippen LogP contribution is -2.10. The highest BCUT2D eigenvalue weighted by Crippen LogP contribution is 2.20. The molecule has 2 heterocycles. The lowest BCUT2D eigenvalue weighted by molar-refractivity contribution is -0.111. The zero-order chi connectivity index (χ0) is 18.4. The van der Waals surface area contributed by atoms with Crippen LogP contribution in [0.1, 0.15) is 24.0 Å². The number of carbonyl (C=O) groups is 1. The second-order valence-electron chi connectivity index (χ2n) is 6.10. The molecule has 2 N–H and O–H groups in total. The number of hydrogen-bond donors (Lipinski definition) is 2. The van der Waals surface area contributed by atoms with Crippen molar-refractivity contribution in [2.45, 2.75) is 25.7 Å². The molecular weight excluding hydrogens is 342 g/mol. The zero-order valence-electron chi connectivity index (χ0n) is 14.5. The van der Waals surface area contributed by atoms with Gasteiger partial charge in [-0.3, -0.25) is 4.79 Å². The molecule has 0 radical (unpaired) electrons. The van der Waals surface area contributed by atoms with Gasteiger partial charge >= 0.3 is 0 Å². The Morgan fingerprint density at radius 1 is 1.15 bits per heavy atom. The summed E-state index contributed by atoms with van der Waals surface area (Å²) in [4.78, 5) is 20.0. The maximum Gasteiger partial charge on any atom is 0.247 e. The van der Waals surface area contributed by atoms with Crippen LogP contribution in [0.3, 0.4) is 0 Å². The van der Waals surface area contributed by atoms with E-state index in [1.54, 1.807) is 0 Å². The second-order valence-corrected chi connectivity index (χ2v) is 6.68. The largest absolute Gasteiger partial charge is 0.346 e. The second kappa shape index (κ2) is 8.54. The van der Waals surface area contributed by atoms with Gasteiger partial charge in [-0.05, 0) is 65.9 Å². The van der Waals surface area contributed by atoms with Crippen LogP contribution in [0.5, 0.6) is 0 Å². The van der Waals surface area contributed by atoms with Crippen LogP contribution in [0.25, 0.3) is 11.0 Å². The number of thiocarbonyl (C=S) groups is 1. The van der Waals surface area contributed by atoms with Crippen molar-refractivity contribution in [2.24, 2.45) is 0 Å². The van der Waals surface area contributed by atoms with E-state index in [2.05, 4.69) is 34.0 Å². The number of nitrogens with zero attached hydrogens (tertiary/aromatic N) is 1. The summed E-state index contributed by atoms with van der Waals surface area (Å²) in [6.07, 6.45) is 8.41. The number of hydrogen-bond acceptors (Lipinski definition) is 3. The predicted octanol–water partition coefficient (Wildman–Crippen LogP) is 4.62. The molecule has 0 fully saturated rings. The van der Waals surface area contributed by atoms with E-state index in [0.717, 1.165) is 52.8 Å². The van der Waals surface area contributed by atoms with Crippen LogP contribution in [-0.4, -0.2) is 20.7 Å². The number of fused-ring (bicyclic) bond motifs is 1. The summed E-state index contributed by atoms with van der Waals surface area (Å²) in [7, 11) is 0. The number of aryl methyl sites for hydroxylation is 2. The number of H-pyrrole nitrogens is 1. The van der Waals surface area contributed by atoms with Gasteiger partial charge in [0.05, 0.1) is 0 Å². The summed E-state index contributed by atoms with van der Waals surface area (Å²) < 4.78 is 0. The Bertz CT molecular complexity index is 945. The first kappa shape index (κ1) is 18.0. The SMILES string of the molecule is C=CC(=O)Nc1ccccc1CCC(=S)CCc1ccnc2[nH]ccc12. The fourth-order valence-corrected chi connectivity index (χ4v) is 3.16. The van der Waals surface area contributed by atoms with E-state index >= 15 is 0 Å². The van der Waals surface area contributed by atoms with Crippen LogP contribution < -0.4 is 5.32 Å². The molecule has 0 atom stereocenters. The number of amides is 1. The summed E-state index contributed by atoms with van der Waals surface area (Å²) in [6.45, 7) is 3.49. The Hall–Kier alpha value is -2.79. The number of benzene rings is 1. The molecule has 0 spiro atoms. The molecular formula is C21H21N3OS. The fourth-order valence-electron chi connectivity index (χ4n) is 2.95. The number of aromatic nitrogens is 2. The van der Waals surface area contributed by atoms with Gasteiger partial charge in [-0.2, -0.15) is 0 Å². The van der Waals surface area contributed by atoms with Gasteiger partial charge in [0.2, 0.25) is 5.91 Å². The van der Waals surface area contributed by atoms with Crippen molar-refractivity contribution >= 4 is 39.7 Å². The van der Waals surface area contributed by atoms with Crippen LogP contribution in [0.15, 0.2) is 61.4 Å². The van der Waals surface area contributed by atoms with Crippen molar-refractivity contribution in [3.05, 3.63) is 72.6 Å². The lowest BCUT2D eigenvalue weighted by atomic mass is 10.0. The van der Waals surface area contributed by atoms with Crippen molar-refractivity contribution in [1.82, 2.24) is 9.97 Å². The number of pyridine rings is 1. The minimum absolute atomic E-state index is 0.201. The maximum atomic E-state index is 11.6. The molecule has 0 bridgehead atoms. The molecule has 5 heteroatoms. The highest BCUT2D eigenvalue weighted by molar-refractivity contribution is 7.80. The van der Waals surface area contributed by atoms with Gasteiger partial charge in [0, 0.05) is 23.5 Å². The van der Waals surface area contributed by atoms with Gasteiger partial charge < -0.3 is 10.3 Å². The Kier molecular flexibility index (Phi) is 5.92. The Balaban J connectivity index is 1.57. The Morgan fingerprint density at radius 2 is 1.92 bits per heavy atom. The van der Waals surface area contributed by atoms with E-state index in [1.165, 1.54) is 11.6 Å². The third-order valence-electron chi connectivity index (χ3n) is 4.36. The number of anilines is 1. The molecule has 1 aromatic carbocycles. The van der Waals surface area contributed by atoms with E-state index in [4.69, 9.17) is 12.2 Å². The Labute approximate surface area is 158 Å². The molecule has 1 amide bonds. The highest BCUT2D eigenvalue weighted by Gasteiger charge is 2.07.